The molecule has 0 saturated carbocycles. The highest BCUT2D eigenvalue weighted by Gasteiger charge is 2.14. The first-order valence-corrected chi connectivity index (χ1v) is 8.21. The van der Waals surface area contributed by atoms with E-state index >= 15 is 0 Å². The summed E-state index contributed by atoms with van der Waals surface area (Å²) < 4.78 is 21.3. The van der Waals surface area contributed by atoms with Crippen molar-refractivity contribution in [1.29, 1.82) is 0 Å². The minimum Gasteiger partial charge on any atom is -0.497 e. The first kappa shape index (κ1) is 20.7. The molecule has 0 aliphatic carbocycles. The average molecular weight is 341 g/mol. The first-order valence-electron chi connectivity index (χ1n) is 8.21. The molecule has 0 bridgehead atoms. The fourth-order valence-corrected chi connectivity index (χ4v) is 2.33. The van der Waals surface area contributed by atoms with Gasteiger partial charge in [0.15, 0.2) is 0 Å². The molecular formula is C18H31NO5. The molecule has 1 atom stereocenters. The third-order valence-electron chi connectivity index (χ3n) is 3.52. The second-order valence-corrected chi connectivity index (χ2v) is 5.98. The lowest BCUT2D eigenvalue weighted by atomic mass is 10.1. The van der Waals surface area contributed by atoms with E-state index in [0.29, 0.717) is 26.3 Å². The number of hydrogen-bond acceptors (Lipinski definition) is 6. The molecule has 0 aliphatic rings. The van der Waals surface area contributed by atoms with Gasteiger partial charge in [0, 0.05) is 32.8 Å². The fourth-order valence-electron chi connectivity index (χ4n) is 2.33. The number of nitrogens with zero attached hydrogens (tertiary/aromatic N) is 1. The van der Waals surface area contributed by atoms with Gasteiger partial charge in [-0.1, -0.05) is 0 Å². The molecule has 138 valence electrons. The van der Waals surface area contributed by atoms with Gasteiger partial charge in [-0.25, -0.2) is 0 Å². The van der Waals surface area contributed by atoms with E-state index in [1.165, 1.54) is 0 Å². The Morgan fingerprint density at radius 1 is 1.04 bits per heavy atom. The number of aliphatic hydroxyl groups is 1. The lowest BCUT2D eigenvalue weighted by molar-refractivity contribution is -0.0121. The molecule has 6 nitrogen and oxygen atoms in total. The van der Waals surface area contributed by atoms with Gasteiger partial charge in [-0.15, -0.1) is 0 Å². The summed E-state index contributed by atoms with van der Waals surface area (Å²) in [6.07, 6.45) is -0.438. The molecule has 1 aromatic carbocycles. The predicted molar refractivity (Wildman–Crippen MR) is 93.8 cm³/mol. The van der Waals surface area contributed by atoms with Crippen LogP contribution in [0.3, 0.4) is 0 Å². The van der Waals surface area contributed by atoms with E-state index in [1.54, 1.807) is 21.3 Å². The smallest absolute Gasteiger partial charge is 0.122 e. The zero-order chi connectivity index (χ0) is 17.9. The number of ether oxygens (including phenoxy) is 4. The van der Waals surface area contributed by atoms with Crippen LogP contribution in [0.15, 0.2) is 18.2 Å². The second-order valence-electron chi connectivity index (χ2n) is 5.98. The number of aliphatic hydroxyl groups excluding tert-OH is 1. The molecule has 0 heterocycles. The summed E-state index contributed by atoms with van der Waals surface area (Å²) in [6.45, 7) is 6.72. The Morgan fingerprint density at radius 3 is 2.17 bits per heavy atom. The van der Waals surface area contributed by atoms with Crippen molar-refractivity contribution in [2.24, 2.45) is 0 Å². The summed E-state index contributed by atoms with van der Waals surface area (Å²) >= 11 is 0. The van der Waals surface area contributed by atoms with E-state index < -0.39 is 6.10 Å². The van der Waals surface area contributed by atoms with Gasteiger partial charge in [0.25, 0.3) is 0 Å². The number of methoxy groups -OCH3 is 3. The zero-order valence-corrected chi connectivity index (χ0v) is 15.4. The van der Waals surface area contributed by atoms with Crippen molar-refractivity contribution in [2.45, 2.75) is 32.6 Å². The summed E-state index contributed by atoms with van der Waals surface area (Å²) in [5.41, 5.74) is 1.05. The Morgan fingerprint density at radius 2 is 1.67 bits per heavy atom. The van der Waals surface area contributed by atoms with Crippen LogP contribution in [0.25, 0.3) is 0 Å². The van der Waals surface area contributed by atoms with E-state index in [0.717, 1.165) is 23.6 Å². The van der Waals surface area contributed by atoms with Crippen LogP contribution in [0.4, 0.5) is 0 Å². The molecule has 1 unspecified atom stereocenters. The molecule has 1 N–H and O–H groups in total. The molecule has 1 rings (SSSR count). The van der Waals surface area contributed by atoms with Crippen LogP contribution in [-0.2, 0) is 16.0 Å². The number of benzene rings is 1. The largest absolute Gasteiger partial charge is 0.497 e. The van der Waals surface area contributed by atoms with E-state index in [1.807, 2.05) is 32.0 Å². The fraction of sp³-hybridized carbons (Fsp3) is 0.667. The quantitative estimate of drug-likeness (QED) is 0.627. The molecule has 6 heteroatoms. The molecular weight excluding hydrogens is 310 g/mol. The Bertz CT molecular complexity index is 444. The lowest BCUT2D eigenvalue weighted by Gasteiger charge is -2.25. The van der Waals surface area contributed by atoms with Gasteiger partial charge in [0.2, 0.25) is 0 Å². The maximum Gasteiger partial charge on any atom is 0.122 e. The maximum atomic E-state index is 10.2. The van der Waals surface area contributed by atoms with Crippen molar-refractivity contribution in [1.82, 2.24) is 4.90 Å². The van der Waals surface area contributed by atoms with Crippen LogP contribution >= 0.6 is 0 Å². The van der Waals surface area contributed by atoms with Crippen molar-refractivity contribution < 1.29 is 24.1 Å². The summed E-state index contributed by atoms with van der Waals surface area (Å²) in [4.78, 5) is 2.13. The highest BCUT2D eigenvalue weighted by Crippen LogP contribution is 2.23. The van der Waals surface area contributed by atoms with Crippen LogP contribution in [-0.4, -0.2) is 69.8 Å². The second kappa shape index (κ2) is 11.3. The molecule has 0 aromatic heterocycles. The number of hydrogen-bond donors (Lipinski definition) is 1. The van der Waals surface area contributed by atoms with Crippen molar-refractivity contribution in [3.05, 3.63) is 23.8 Å². The standard InChI is InChI=1S/C18H31NO5/c1-14(2)24-13-16(20)12-19(6-7-21-3)11-15-8-17(22-4)10-18(9-15)23-5/h8-10,14,16,20H,6-7,11-13H2,1-5H3. The summed E-state index contributed by atoms with van der Waals surface area (Å²) in [5, 5.41) is 10.2. The van der Waals surface area contributed by atoms with Crippen LogP contribution in [0.2, 0.25) is 0 Å². The van der Waals surface area contributed by atoms with Crippen LogP contribution in [0.5, 0.6) is 11.5 Å². The van der Waals surface area contributed by atoms with Gasteiger partial charge >= 0.3 is 0 Å². The lowest BCUT2D eigenvalue weighted by Crippen LogP contribution is -2.37. The molecule has 0 radical (unpaired) electrons. The number of rotatable bonds is 12. The molecule has 0 aliphatic heterocycles. The van der Waals surface area contributed by atoms with Crippen molar-refractivity contribution in [3.63, 3.8) is 0 Å². The molecule has 0 saturated heterocycles. The predicted octanol–water partition coefficient (Wildman–Crippen LogP) is 1.94. The topological polar surface area (TPSA) is 60.4 Å². The summed E-state index contributed by atoms with van der Waals surface area (Å²) in [7, 11) is 4.94. The van der Waals surface area contributed by atoms with E-state index in [9.17, 15) is 5.11 Å². The minimum absolute atomic E-state index is 0.106. The van der Waals surface area contributed by atoms with E-state index in [2.05, 4.69) is 4.90 Å². The average Bonchev–Trinajstić information content (AvgIpc) is 2.57. The summed E-state index contributed by atoms with van der Waals surface area (Å²) in [6, 6.07) is 5.78. The molecule has 1 aromatic rings. The zero-order valence-electron chi connectivity index (χ0n) is 15.4. The van der Waals surface area contributed by atoms with Gasteiger partial charge in [0.05, 0.1) is 39.6 Å². The van der Waals surface area contributed by atoms with Gasteiger partial charge in [-0.2, -0.15) is 0 Å². The molecule has 0 spiro atoms. The van der Waals surface area contributed by atoms with Crippen molar-refractivity contribution >= 4 is 0 Å². The van der Waals surface area contributed by atoms with Gasteiger partial charge in [0.1, 0.15) is 11.5 Å². The Labute approximate surface area is 145 Å². The van der Waals surface area contributed by atoms with Crippen molar-refractivity contribution in [2.75, 3.05) is 47.6 Å². The Kier molecular flexibility index (Phi) is 9.71. The molecule has 0 amide bonds. The SMILES string of the molecule is COCCN(Cc1cc(OC)cc(OC)c1)CC(O)COC(C)C. The third-order valence-corrected chi connectivity index (χ3v) is 3.52. The van der Waals surface area contributed by atoms with Crippen LogP contribution in [0.1, 0.15) is 19.4 Å². The van der Waals surface area contributed by atoms with Gasteiger partial charge in [-0.05, 0) is 31.5 Å². The monoisotopic (exact) mass is 341 g/mol. The van der Waals surface area contributed by atoms with Gasteiger partial charge < -0.3 is 24.1 Å². The van der Waals surface area contributed by atoms with Crippen molar-refractivity contribution in [3.8, 4) is 11.5 Å². The summed E-state index contributed by atoms with van der Waals surface area (Å²) in [5.74, 6) is 1.50. The van der Waals surface area contributed by atoms with Crippen LogP contribution < -0.4 is 9.47 Å². The normalized spacial score (nSPS) is 12.7. The molecule has 0 fully saturated rings. The maximum absolute atomic E-state index is 10.2. The highest BCUT2D eigenvalue weighted by molar-refractivity contribution is 5.38. The Hall–Kier alpha value is -1.34. The van der Waals surface area contributed by atoms with E-state index in [-0.39, 0.29) is 6.10 Å². The van der Waals surface area contributed by atoms with E-state index in [4.69, 9.17) is 18.9 Å². The first-order chi connectivity index (χ1) is 11.5. The highest BCUT2D eigenvalue weighted by atomic mass is 16.5. The Balaban J connectivity index is 2.74. The minimum atomic E-state index is -0.545. The third kappa shape index (κ3) is 7.97. The molecule has 24 heavy (non-hydrogen) atoms. The van der Waals surface area contributed by atoms with Gasteiger partial charge in [-0.3, -0.25) is 4.90 Å². The van der Waals surface area contributed by atoms with Crippen LogP contribution in [0, 0.1) is 0 Å².